The van der Waals surface area contributed by atoms with Crippen molar-refractivity contribution in [3.8, 4) is 17.2 Å². The van der Waals surface area contributed by atoms with Crippen molar-refractivity contribution in [2.24, 2.45) is 5.10 Å². The molecule has 0 fully saturated rings. The van der Waals surface area contributed by atoms with Crippen LogP contribution in [-0.4, -0.2) is 42.4 Å². The largest absolute Gasteiger partial charge is 0.493 e. The average Bonchev–Trinajstić information content (AvgIpc) is 2.89. The molecule has 0 bridgehead atoms. The number of rotatable bonds is 5. The summed E-state index contributed by atoms with van der Waals surface area (Å²) in [6.07, 6.45) is 3.10. The average molecular weight is 294 g/mol. The molecular weight excluding hydrogens is 280 g/mol. The van der Waals surface area contributed by atoms with E-state index in [0.717, 1.165) is 5.56 Å². The number of aromatic amines is 1. The van der Waals surface area contributed by atoms with E-state index in [1.807, 2.05) is 0 Å². The molecule has 2 aromatic rings. The van der Waals surface area contributed by atoms with Gasteiger partial charge in [0.15, 0.2) is 11.5 Å². The van der Waals surface area contributed by atoms with Gasteiger partial charge >= 0.3 is 0 Å². The van der Waals surface area contributed by atoms with Crippen LogP contribution >= 0.6 is 12.2 Å². The van der Waals surface area contributed by atoms with E-state index in [1.54, 1.807) is 39.7 Å². The molecule has 1 aromatic heterocycles. The Hall–Kier alpha value is -2.35. The summed E-state index contributed by atoms with van der Waals surface area (Å²) in [5.74, 6) is 1.65. The summed E-state index contributed by atoms with van der Waals surface area (Å²) >= 11 is 5.00. The van der Waals surface area contributed by atoms with Crippen LogP contribution in [-0.2, 0) is 0 Å². The predicted octanol–water partition coefficient (Wildman–Crippen LogP) is 1.85. The first-order valence-electron chi connectivity index (χ1n) is 5.66. The summed E-state index contributed by atoms with van der Waals surface area (Å²) in [4.78, 5) is 0. The van der Waals surface area contributed by atoms with Gasteiger partial charge in [-0.2, -0.15) is 14.9 Å². The fourth-order valence-electron chi connectivity index (χ4n) is 1.63. The van der Waals surface area contributed by atoms with Crippen LogP contribution in [0.2, 0.25) is 0 Å². The molecule has 1 heterocycles. The van der Waals surface area contributed by atoms with E-state index in [-0.39, 0.29) is 0 Å². The molecule has 0 aliphatic heterocycles. The van der Waals surface area contributed by atoms with Crippen molar-refractivity contribution in [3.05, 3.63) is 28.8 Å². The minimum absolute atomic E-state index is 0.411. The normalized spacial score (nSPS) is 10.8. The summed E-state index contributed by atoms with van der Waals surface area (Å²) in [6, 6.07) is 3.57. The van der Waals surface area contributed by atoms with Crippen molar-refractivity contribution in [3.63, 3.8) is 0 Å². The summed E-state index contributed by atoms with van der Waals surface area (Å²) in [5, 5.41) is 10.6. The molecule has 106 valence electrons. The van der Waals surface area contributed by atoms with Gasteiger partial charge in [-0.3, -0.25) is 5.10 Å². The van der Waals surface area contributed by atoms with E-state index in [9.17, 15) is 0 Å². The van der Waals surface area contributed by atoms with Gasteiger partial charge in [0.05, 0.1) is 27.5 Å². The maximum absolute atomic E-state index is 5.27. The molecule has 0 atom stereocenters. The minimum Gasteiger partial charge on any atom is -0.493 e. The highest BCUT2D eigenvalue weighted by Crippen LogP contribution is 2.37. The number of benzene rings is 1. The Bertz CT molecular complexity index is 652. The minimum atomic E-state index is 0.411. The van der Waals surface area contributed by atoms with Crippen LogP contribution in [0.4, 0.5) is 0 Å². The third kappa shape index (κ3) is 2.80. The zero-order valence-electron chi connectivity index (χ0n) is 11.3. The van der Waals surface area contributed by atoms with Crippen molar-refractivity contribution in [2.45, 2.75) is 0 Å². The van der Waals surface area contributed by atoms with E-state index in [2.05, 4.69) is 15.3 Å². The van der Waals surface area contributed by atoms with Gasteiger partial charge in [0, 0.05) is 5.56 Å². The molecular formula is C12H14N4O3S. The van der Waals surface area contributed by atoms with Gasteiger partial charge in [0.25, 0.3) is 0 Å². The van der Waals surface area contributed by atoms with Gasteiger partial charge in [-0.25, -0.2) is 0 Å². The highest BCUT2D eigenvalue weighted by Gasteiger charge is 2.12. The molecule has 0 unspecified atom stereocenters. The van der Waals surface area contributed by atoms with Crippen LogP contribution in [0.15, 0.2) is 23.6 Å². The van der Waals surface area contributed by atoms with Crippen molar-refractivity contribution >= 4 is 18.4 Å². The van der Waals surface area contributed by atoms with Crippen LogP contribution in [0, 0.1) is 4.77 Å². The molecule has 1 N–H and O–H groups in total. The summed E-state index contributed by atoms with van der Waals surface area (Å²) in [7, 11) is 4.67. The van der Waals surface area contributed by atoms with Crippen molar-refractivity contribution in [2.75, 3.05) is 21.3 Å². The highest BCUT2D eigenvalue weighted by atomic mass is 32.1. The summed E-state index contributed by atoms with van der Waals surface area (Å²) in [6.45, 7) is 0. The Morgan fingerprint density at radius 3 is 2.30 bits per heavy atom. The lowest BCUT2D eigenvalue weighted by Gasteiger charge is -2.12. The SMILES string of the molecule is COc1cc(/C=N\n2cn[nH]c2=S)cc(OC)c1OC. The first kappa shape index (κ1) is 14.1. The van der Waals surface area contributed by atoms with Crippen LogP contribution < -0.4 is 14.2 Å². The molecule has 7 nitrogen and oxygen atoms in total. The number of nitrogens with zero attached hydrogens (tertiary/aromatic N) is 3. The summed E-state index contributed by atoms with van der Waals surface area (Å²) < 4.78 is 17.6. The van der Waals surface area contributed by atoms with E-state index < -0.39 is 0 Å². The molecule has 2 rings (SSSR count). The van der Waals surface area contributed by atoms with E-state index >= 15 is 0 Å². The second-order valence-electron chi connectivity index (χ2n) is 3.71. The predicted molar refractivity (Wildman–Crippen MR) is 76.5 cm³/mol. The quantitative estimate of drug-likeness (QED) is 0.673. The third-order valence-corrected chi connectivity index (χ3v) is 2.83. The number of ether oxygens (including phenoxy) is 3. The first-order valence-corrected chi connectivity index (χ1v) is 6.06. The van der Waals surface area contributed by atoms with Crippen LogP contribution in [0.5, 0.6) is 17.2 Å². The molecule has 0 aliphatic carbocycles. The Kier molecular flexibility index (Phi) is 4.36. The molecule has 0 saturated carbocycles. The Balaban J connectivity index is 2.40. The Morgan fingerprint density at radius 1 is 1.20 bits per heavy atom. The molecule has 1 aromatic carbocycles. The highest BCUT2D eigenvalue weighted by molar-refractivity contribution is 7.71. The van der Waals surface area contributed by atoms with Gasteiger partial charge in [0.1, 0.15) is 6.33 Å². The Morgan fingerprint density at radius 2 is 1.85 bits per heavy atom. The zero-order valence-corrected chi connectivity index (χ0v) is 12.1. The maximum Gasteiger partial charge on any atom is 0.216 e. The topological polar surface area (TPSA) is 73.7 Å². The maximum atomic E-state index is 5.27. The lowest BCUT2D eigenvalue weighted by Crippen LogP contribution is -1.97. The van der Waals surface area contributed by atoms with Gasteiger partial charge in [-0.05, 0) is 24.4 Å². The van der Waals surface area contributed by atoms with Crippen molar-refractivity contribution < 1.29 is 14.2 Å². The number of H-pyrrole nitrogens is 1. The molecule has 0 saturated heterocycles. The second-order valence-corrected chi connectivity index (χ2v) is 4.10. The van der Waals surface area contributed by atoms with Crippen LogP contribution in [0.1, 0.15) is 5.56 Å². The van der Waals surface area contributed by atoms with Crippen molar-refractivity contribution in [1.29, 1.82) is 0 Å². The van der Waals surface area contributed by atoms with Gasteiger partial charge < -0.3 is 14.2 Å². The van der Waals surface area contributed by atoms with Crippen LogP contribution in [0.25, 0.3) is 0 Å². The fourth-order valence-corrected chi connectivity index (χ4v) is 1.78. The van der Waals surface area contributed by atoms with Crippen LogP contribution in [0.3, 0.4) is 0 Å². The van der Waals surface area contributed by atoms with Gasteiger partial charge in [-0.15, -0.1) is 0 Å². The number of methoxy groups -OCH3 is 3. The smallest absolute Gasteiger partial charge is 0.216 e. The number of hydrogen-bond donors (Lipinski definition) is 1. The monoisotopic (exact) mass is 294 g/mol. The zero-order chi connectivity index (χ0) is 14.5. The van der Waals surface area contributed by atoms with E-state index in [1.165, 1.54) is 11.0 Å². The summed E-state index contributed by atoms with van der Waals surface area (Å²) in [5.41, 5.74) is 0.780. The van der Waals surface area contributed by atoms with Crippen molar-refractivity contribution in [1.82, 2.24) is 14.9 Å². The molecule has 20 heavy (non-hydrogen) atoms. The van der Waals surface area contributed by atoms with Gasteiger partial charge in [0.2, 0.25) is 10.5 Å². The second kappa shape index (κ2) is 6.20. The molecule has 0 amide bonds. The Labute approximate surface area is 120 Å². The molecule has 0 radical (unpaired) electrons. The lowest BCUT2D eigenvalue weighted by atomic mass is 10.2. The molecule has 0 aliphatic rings. The third-order valence-electron chi connectivity index (χ3n) is 2.55. The first-order chi connectivity index (χ1) is 9.69. The van der Waals surface area contributed by atoms with Gasteiger partial charge in [-0.1, -0.05) is 0 Å². The lowest BCUT2D eigenvalue weighted by molar-refractivity contribution is 0.324. The fraction of sp³-hybridized carbons (Fsp3) is 0.250. The van der Waals surface area contributed by atoms with E-state index in [0.29, 0.717) is 22.0 Å². The number of nitrogens with one attached hydrogen (secondary N) is 1. The van der Waals surface area contributed by atoms with E-state index in [4.69, 9.17) is 26.4 Å². The standard InChI is InChI=1S/C12H14N4O3S/c1-17-9-4-8(5-10(18-2)11(9)19-3)6-14-16-7-13-15-12(16)20/h4-7H,1-3H3,(H,15,20)/b14-6-. The molecule has 8 heteroatoms. The number of aromatic nitrogens is 3. The number of hydrogen-bond acceptors (Lipinski definition) is 6. The molecule has 0 spiro atoms.